The molecule has 2 aromatic carbocycles. The van der Waals surface area contributed by atoms with E-state index < -0.39 is 5.41 Å². The fraction of sp³-hybridized carbons (Fsp3) is 0.303. The second kappa shape index (κ2) is 13.0. The van der Waals surface area contributed by atoms with Gasteiger partial charge in [-0.1, -0.05) is 6.07 Å². The highest BCUT2D eigenvalue weighted by molar-refractivity contribution is 6.04. The summed E-state index contributed by atoms with van der Waals surface area (Å²) in [6.07, 6.45) is 5.18. The molecule has 10 nitrogen and oxygen atoms in total. The number of piperazine rings is 1. The van der Waals surface area contributed by atoms with E-state index in [-0.39, 0.29) is 11.9 Å². The van der Waals surface area contributed by atoms with Gasteiger partial charge in [0.1, 0.15) is 6.73 Å². The number of amides is 1. The number of rotatable bonds is 8. The van der Waals surface area contributed by atoms with Crippen molar-refractivity contribution in [3.05, 3.63) is 90.4 Å². The van der Waals surface area contributed by atoms with Crippen molar-refractivity contribution in [2.75, 3.05) is 48.4 Å². The maximum absolute atomic E-state index is 13.1. The third-order valence-corrected chi connectivity index (χ3v) is 7.21. The zero-order valence-corrected chi connectivity index (χ0v) is 25.0. The van der Waals surface area contributed by atoms with Crippen LogP contribution in [0.2, 0.25) is 0 Å². The lowest BCUT2D eigenvalue weighted by atomic mass is 9.98. The molecular weight excluding hydrogens is 542 g/mol. The van der Waals surface area contributed by atoms with E-state index in [4.69, 9.17) is 4.74 Å². The lowest BCUT2D eigenvalue weighted by Gasteiger charge is -2.36. The predicted octanol–water partition coefficient (Wildman–Crippen LogP) is 5.51. The monoisotopic (exact) mass is 579 g/mol. The molecule has 0 bridgehead atoms. The summed E-state index contributed by atoms with van der Waals surface area (Å²) in [7, 11) is 0. The number of aryl methyl sites for hydroxylation is 1. The van der Waals surface area contributed by atoms with Crippen LogP contribution in [0, 0.1) is 12.3 Å². The van der Waals surface area contributed by atoms with Crippen molar-refractivity contribution >= 4 is 34.9 Å². The molecule has 4 aromatic rings. The Morgan fingerprint density at radius 1 is 0.953 bits per heavy atom. The van der Waals surface area contributed by atoms with Crippen LogP contribution < -0.4 is 15.5 Å². The molecule has 0 unspecified atom stereocenters. The Kier molecular flexibility index (Phi) is 8.96. The lowest BCUT2D eigenvalue weighted by Crippen LogP contribution is -2.47. The summed E-state index contributed by atoms with van der Waals surface area (Å²) in [5.41, 5.74) is 5.23. The fourth-order valence-corrected chi connectivity index (χ4v) is 4.58. The highest BCUT2D eigenvalue weighted by atomic mass is 16.5. The molecule has 222 valence electrons. The van der Waals surface area contributed by atoms with Gasteiger partial charge in [-0.25, -0.2) is 9.97 Å². The highest BCUT2D eigenvalue weighted by Crippen LogP contribution is 2.25. The average Bonchev–Trinajstić information content (AvgIpc) is 3.02. The number of carbonyl (C=O) groups is 2. The molecule has 3 heterocycles. The molecule has 43 heavy (non-hydrogen) atoms. The first-order valence-corrected chi connectivity index (χ1v) is 14.3. The van der Waals surface area contributed by atoms with Crippen molar-refractivity contribution in [3.8, 4) is 11.3 Å². The smallest absolute Gasteiger partial charge is 0.312 e. The van der Waals surface area contributed by atoms with Gasteiger partial charge in [-0.2, -0.15) is 0 Å². The second-order valence-corrected chi connectivity index (χ2v) is 11.6. The maximum Gasteiger partial charge on any atom is 0.312 e. The number of aromatic nitrogens is 3. The van der Waals surface area contributed by atoms with Crippen molar-refractivity contribution in [1.82, 2.24) is 19.9 Å². The molecule has 1 aliphatic rings. The van der Waals surface area contributed by atoms with Gasteiger partial charge < -0.3 is 20.3 Å². The Morgan fingerprint density at radius 3 is 2.42 bits per heavy atom. The summed E-state index contributed by atoms with van der Waals surface area (Å²) in [5.74, 6) is 0.0689. The van der Waals surface area contributed by atoms with Gasteiger partial charge in [0.25, 0.3) is 5.91 Å². The Bertz CT molecular complexity index is 1560. The van der Waals surface area contributed by atoms with Crippen molar-refractivity contribution in [2.24, 2.45) is 5.41 Å². The zero-order chi connectivity index (χ0) is 30.4. The van der Waals surface area contributed by atoms with Gasteiger partial charge in [0.05, 0.1) is 11.1 Å². The summed E-state index contributed by atoms with van der Waals surface area (Å²) in [4.78, 5) is 42.7. The van der Waals surface area contributed by atoms with E-state index in [1.165, 1.54) is 0 Å². The van der Waals surface area contributed by atoms with E-state index in [1.54, 1.807) is 18.6 Å². The van der Waals surface area contributed by atoms with Crippen LogP contribution in [0.4, 0.5) is 23.0 Å². The molecule has 0 aliphatic carbocycles. The van der Waals surface area contributed by atoms with Gasteiger partial charge >= 0.3 is 5.97 Å². The lowest BCUT2D eigenvalue weighted by molar-refractivity contribution is -0.158. The minimum absolute atomic E-state index is 0.192. The van der Waals surface area contributed by atoms with E-state index in [2.05, 4.69) is 35.4 Å². The standard InChI is InChI=1S/C33H37N7O3/c1-23-7-10-26(20-29(23)38-32-35-15-13-28(37-32)25-6-5-14-34-21-25)36-30(41)24-8-11-27(12-9-24)40-18-16-39(17-19-40)22-43-31(42)33(2,3)4/h5-15,20-21H,16-19,22H2,1-4H3,(H,36,41)(H,35,37,38). The van der Waals surface area contributed by atoms with Crippen molar-refractivity contribution in [3.63, 3.8) is 0 Å². The van der Waals surface area contributed by atoms with Crippen LogP contribution >= 0.6 is 0 Å². The minimum atomic E-state index is -0.503. The van der Waals surface area contributed by atoms with Gasteiger partial charge in [0.15, 0.2) is 0 Å². The van der Waals surface area contributed by atoms with Crippen LogP contribution in [-0.2, 0) is 9.53 Å². The summed E-state index contributed by atoms with van der Waals surface area (Å²) in [5, 5.41) is 6.27. The number of carbonyl (C=O) groups excluding carboxylic acids is 2. The number of hydrogen-bond acceptors (Lipinski definition) is 9. The molecular formula is C33H37N7O3. The number of esters is 1. The first-order valence-electron chi connectivity index (χ1n) is 14.3. The molecule has 1 amide bonds. The van der Waals surface area contributed by atoms with E-state index in [0.717, 1.165) is 54.4 Å². The predicted molar refractivity (Wildman–Crippen MR) is 168 cm³/mol. The normalized spacial score (nSPS) is 13.8. The van der Waals surface area contributed by atoms with E-state index in [1.807, 2.05) is 88.4 Å². The van der Waals surface area contributed by atoms with Crippen molar-refractivity contribution in [1.29, 1.82) is 0 Å². The first kappa shape index (κ1) is 29.7. The van der Waals surface area contributed by atoms with Crippen molar-refractivity contribution < 1.29 is 14.3 Å². The van der Waals surface area contributed by atoms with E-state index in [0.29, 0.717) is 23.9 Å². The molecule has 0 atom stereocenters. The van der Waals surface area contributed by atoms with Crippen molar-refractivity contribution in [2.45, 2.75) is 27.7 Å². The third kappa shape index (κ3) is 7.72. The van der Waals surface area contributed by atoms with Gasteiger partial charge in [-0.05, 0) is 87.9 Å². The van der Waals surface area contributed by atoms with Crippen LogP contribution in [0.3, 0.4) is 0 Å². The largest absolute Gasteiger partial charge is 0.449 e. The maximum atomic E-state index is 13.1. The number of benzene rings is 2. The van der Waals surface area contributed by atoms with Gasteiger partial charge in [0, 0.05) is 73.0 Å². The molecule has 0 radical (unpaired) electrons. The molecule has 1 fully saturated rings. The Hall–Kier alpha value is -4.83. The summed E-state index contributed by atoms with van der Waals surface area (Å²) >= 11 is 0. The summed E-state index contributed by atoms with van der Waals surface area (Å²) in [6, 6.07) is 19.0. The average molecular weight is 580 g/mol. The Morgan fingerprint density at radius 2 is 1.72 bits per heavy atom. The molecule has 10 heteroatoms. The number of nitrogens with one attached hydrogen (secondary N) is 2. The number of pyridine rings is 1. The van der Waals surface area contributed by atoms with Gasteiger partial charge in [-0.15, -0.1) is 0 Å². The fourth-order valence-electron chi connectivity index (χ4n) is 4.58. The molecule has 1 saturated heterocycles. The molecule has 0 saturated carbocycles. The van der Waals surface area contributed by atoms with E-state index in [9.17, 15) is 9.59 Å². The topological polar surface area (TPSA) is 113 Å². The SMILES string of the molecule is Cc1ccc(NC(=O)c2ccc(N3CCN(COC(=O)C(C)(C)C)CC3)cc2)cc1Nc1nccc(-c2cccnc2)n1. The molecule has 1 aliphatic heterocycles. The Balaban J connectivity index is 1.16. The molecule has 2 aromatic heterocycles. The summed E-state index contributed by atoms with van der Waals surface area (Å²) in [6.45, 7) is 11.1. The molecule has 0 spiro atoms. The zero-order valence-electron chi connectivity index (χ0n) is 25.0. The van der Waals surface area contributed by atoms with Crippen LogP contribution in [-0.4, -0.2) is 64.6 Å². The molecule has 5 rings (SSSR count). The minimum Gasteiger partial charge on any atom is -0.449 e. The number of nitrogens with zero attached hydrogens (tertiary/aromatic N) is 5. The summed E-state index contributed by atoms with van der Waals surface area (Å²) < 4.78 is 5.45. The first-order chi connectivity index (χ1) is 20.7. The third-order valence-electron chi connectivity index (χ3n) is 7.21. The second-order valence-electron chi connectivity index (χ2n) is 11.6. The number of hydrogen-bond donors (Lipinski definition) is 2. The number of anilines is 4. The number of ether oxygens (including phenoxy) is 1. The quantitative estimate of drug-likeness (QED) is 0.261. The van der Waals surface area contributed by atoms with Crippen LogP contribution in [0.15, 0.2) is 79.3 Å². The molecule has 2 N–H and O–H groups in total. The Labute approximate surface area is 252 Å². The van der Waals surface area contributed by atoms with Gasteiger partial charge in [0.2, 0.25) is 5.95 Å². The van der Waals surface area contributed by atoms with Crippen LogP contribution in [0.25, 0.3) is 11.3 Å². The van der Waals surface area contributed by atoms with Crippen LogP contribution in [0.1, 0.15) is 36.7 Å². The van der Waals surface area contributed by atoms with Crippen LogP contribution in [0.5, 0.6) is 0 Å². The van der Waals surface area contributed by atoms with E-state index >= 15 is 0 Å². The highest BCUT2D eigenvalue weighted by Gasteiger charge is 2.25. The van der Waals surface area contributed by atoms with Gasteiger partial charge in [-0.3, -0.25) is 19.5 Å².